The molecule has 0 saturated heterocycles. The zero-order valence-corrected chi connectivity index (χ0v) is 12.6. The van der Waals surface area contributed by atoms with Crippen LogP contribution in [0.2, 0.25) is 0 Å². The highest BCUT2D eigenvalue weighted by atomic mass is 16.2. The topological polar surface area (TPSA) is 32.3 Å². The predicted molar refractivity (Wildman–Crippen MR) is 81.2 cm³/mol. The summed E-state index contributed by atoms with van der Waals surface area (Å²) in [6.07, 6.45) is 2.46. The van der Waals surface area contributed by atoms with Crippen molar-refractivity contribution in [3.05, 3.63) is 29.8 Å². The number of carbonyl (C=O) groups is 1. The highest BCUT2D eigenvalue weighted by Gasteiger charge is 2.08. The van der Waals surface area contributed by atoms with Crippen molar-refractivity contribution in [2.45, 2.75) is 40.2 Å². The minimum absolute atomic E-state index is 0.0918. The molecule has 1 unspecified atom stereocenters. The molecule has 1 atom stereocenters. The van der Waals surface area contributed by atoms with E-state index in [1.54, 1.807) is 11.8 Å². The van der Waals surface area contributed by atoms with Gasteiger partial charge in [-0.15, -0.1) is 0 Å². The van der Waals surface area contributed by atoms with E-state index in [4.69, 9.17) is 0 Å². The highest BCUT2D eigenvalue weighted by molar-refractivity contribution is 5.73. The van der Waals surface area contributed by atoms with E-state index in [-0.39, 0.29) is 5.91 Å². The Kier molecular flexibility index (Phi) is 6.40. The van der Waals surface area contributed by atoms with E-state index in [1.165, 1.54) is 18.4 Å². The van der Waals surface area contributed by atoms with Crippen molar-refractivity contribution in [2.75, 3.05) is 18.9 Å². The molecule has 1 aromatic rings. The Labute approximate surface area is 117 Å². The molecule has 0 saturated carbocycles. The summed E-state index contributed by atoms with van der Waals surface area (Å²) in [5, 5.41) is 3.50. The van der Waals surface area contributed by atoms with Crippen molar-refractivity contribution < 1.29 is 4.79 Å². The van der Waals surface area contributed by atoms with Gasteiger partial charge in [0.15, 0.2) is 0 Å². The summed E-state index contributed by atoms with van der Waals surface area (Å²) >= 11 is 0. The lowest BCUT2D eigenvalue weighted by molar-refractivity contribution is -0.128. The molecular formula is C16H26N2O. The Bertz CT molecular complexity index is 403. The summed E-state index contributed by atoms with van der Waals surface area (Å²) < 4.78 is 0. The Balaban J connectivity index is 2.65. The van der Waals surface area contributed by atoms with Gasteiger partial charge in [0.05, 0.1) is 0 Å². The molecule has 0 aliphatic carbocycles. The van der Waals surface area contributed by atoms with Gasteiger partial charge in [-0.2, -0.15) is 0 Å². The van der Waals surface area contributed by atoms with E-state index < -0.39 is 0 Å². The second-order valence-electron chi connectivity index (χ2n) is 5.31. The largest absolute Gasteiger partial charge is 0.385 e. The summed E-state index contributed by atoms with van der Waals surface area (Å²) in [7, 11) is 1.83. The minimum Gasteiger partial charge on any atom is -0.385 e. The molecule has 1 rings (SSSR count). The maximum atomic E-state index is 11.3. The smallest absolute Gasteiger partial charge is 0.219 e. The van der Waals surface area contributed by atoms with Gasteiger partial charge in [0.1, 0.15) is 0 Å². The van der Waals surface area contributed by atoms with Crippen LogP contribution in [-0.2, 0) is 11.3 Å². The normalized spacial score (nSPS) is 12.0. The van der Waals surface area contributed by atoms with E-state index in [9.17, 15) is 4.79 Å². The quantitative estimate of drug-likeness (QED) is 0.815. The standard InChI is InChI=1S/C16H26N2O/c1-5-8-13(2)11-17-16-10-7-6-9-15(16)12-18(4)14(3)19/h6-7,9-10,13,17H,5,8,11-12H2,1-4H3. The van der Waals surface area contributed by atoms with Crippen LogP contribution in [0.5, 0.6) is 0 Å². The first kappa shape index (κ1) is 15.5. The highest BCUT2D eigenvalue weighted by Crippen LogP contribution is 2.18. The lowest BCUT2D eigenvalue weighted by atomic mass is 10.1. The van der Waals surface area contributed by atoms with E-state index in [0.717, 1.165) is 12.2 Å². The first-order valence-corrected chi connectivity index (χ1v) is 7.08. The van der Waals surface area contributed by atoms with Crippen LogP contribution in [0.4, 0.5) is 5.69 Å². The number of nitrogens with zero attached hydrogens (tertiary/aromatic N) is 1. The van der Waals surface area contributed by atoms with Crippen molar-refractivity contribution in [1.82, 2.24) is 4.90 Å². The molecule has 0 radical (unpaired) electrons. The molecule has 1 aromatic carbocycles. The zero-order chi connectivity index (χ0) is 14.3. The summed E-state index contributed by atoms with van der Waals surface area (Å²) in [4.78, 5) is 13.0. The molecule has 1 N–H and O–H groups in total. The van der Waals surface area contributed by atoms with Crippen molar-refractivity contribution in [1.29, 1.82) is 0 Å². The number of hydrogen-bond acceptors (Lipinski definition) is 2. The Morgan fingerprint density at radius 2 is 2.05 bits per heavy atom. The molecule has 0 bridgehead atoms. The number of benzene rings is 1. The first-order valence-electron chi connectivity index (χ1n) is 7.08. The molecular weight excluding hydrogens is 236 g/mol. The van der Waals surface area contributed by atoms with Crippen molar-refractivity contribution in [3.63, 3.8) is 0 Å². The SMILES string of the molecule is CCCC(C)CNc1ccccc1CN(C)C(C)=O. The number of amides is 1. The summed E-state index contributed by atoms with van der Waals surface area (Å²) in [6, 6.07) is 8.21. The molecule has 3 nitrogen and oxygen atoms in total. The first-order chi connectivity index (χ1) is 9.04. The number of rotatable bonds is 7. The van der Waals surface area contributed by atoms with Crippen LogP contribution in [-0.4, -0.2) is 24.4 Å². The van der Waals surface area contributed by atoms with Crippen molar-refractivity contribution >= 4 is 11.6 Å². The van der Waals surface area contributed by atoms with Gasteiger partial charge in [0.2, 0.25) is 5.91 Å². The average Bonchev–Trinajstić information content (AvgIpc) is 2.38. The van der Waals surface area contributed by atoms with E-state index in [1.807, 2.05) is 19.2 Å². The number of para-hydroxylation sites is 1. The Morgan fingerprint density at radius 1 is 1.37 bits per heavy atom. The van der Waals surface area contributed by atoms with Gasteiger partial charge in [0, 0.05) is 32.7 Å². The zero-order valence-electron chi connectivity index (χ0n) is 12.6. The third-order valence-electron chi connectivity index (χ3n) is 3.38. The summed E-state index contributed by atoms with van der Waals surface area (Å²) in [6.45, 7) is 7.71. The maximum absolute atomic E-state index is 11.3. The van der Waals surface area contributed by atoms with E-state index >= 15 is 0 Å². The number of nitrogens with one attached hydrogen (secondary N) is 1. The molecule has 0 heterocycles. The molecule has 3 heteroatoms. The lowest BCUT2D eigenvalue weighted by Gasteiger charge is -2.19. The van der Waals surface area contributed by atoms with Crippen LogP contribution in [0.1, 0.15) is 39.2 Å². The van der Waals surface area contributed by atoms with E-state index in [2.05, 4.69) is 31.3 Å². The van der Waals surface area contributed by atoms with Gasteiger partial charge in [-0.1, -0.05) is 38.5 Å². The van der Waals surface area contributed by atoms with Crippen LogP contribution >= 0.6 is 0 Å². The van der Waals surface area contributed by atoms with Crippen molar-refractivity contribution in [2.24, 2.45) is 5.92 Å². The third-order valence-corrected chi connectivity index (χ3v) is 3.38. The molecule has 106 valence electrons. The predicted octanol–water partition coefficient (Wildman–Crippen LogP) is 3.51. The van der Waals surface area contributed by atoms with Crippen LogP contribution < -0.4 is 5.32 Å². The van der Waals surface area contributed by atoms with Crippen LogP contribution in [0.25, 0.3) is 0 Å². The molecule has 0 fully saturated rings. The van der Waals surface area contributed by atoms with Gasteiger partial charge >= 0.3 is 0 Å². The minimum atomic E-state index is 0.0918. The number of anilines is 1. The van der Waals surface area contributed by atoms with Crippen LogP contribution in [0.3, 0.4) is 0 Å². The fourth-order valence-electron chi connectivity index (χ4n) is 2.08. The van der Waals surface area contributed by atoms with Gasteiger partial charge in [-0.25, -0.2) is 0 Å². The molecule has 0 aliphatic heterocycles. The van der Waals surface area contributed by atoms with Gasteiger partial charge in [-0.05, 0) is 24.0 Å². The Morgan fingerprint density at radius 3 is 2.68 bits per heavy atom. The number of hydrogen-bond donors (Lipinski definition) is 1. The van der Waals surface area contributed by atoms with Crippen LogP contribution in [0.15, 0.2) is 24.3 Å². The second kappa shape index (κ2) is 7.82. The second-order valence-corrected chi connectivity index (χ2v) is 5.31. The average molecular weight is 262 g/mol. The molecule has 0 aromatic heterocycles. The monoisotopic (exact) mass is 262 g/mol. The van der Waals surface area contributed by atoms with Crippen molar-refractivity contribution in [3.8, 4) is 0 Å². The fraction of sp³-hybridized carbons (Fsp3) is 0.562. The van der Waals surface area contributed by atoms with E-state index in [0.29, 0.717) is 12.5 Å². The van der Waals surface area contributed by atoms with Gasteiger partial charge < -0.3 is 10.2 Å². The Hall–Kier alpha value is -1.51. The fourth-order valence-corrected chi connectivity index (χ4v) is 2.08. The summed E-state index contributed by atoms with van der Waals surface area (Å²) in [5.41, 5.74) is 2.31. The maximum Gasteiger partial charge on any atom is 0.219 e. The molecule has 0 aliphatic rings. The number of carbonyl (C=O) groups excluding carboxylic acids is 1. The summed E-state index contributed by atoms with van der Waals surface area (Å²) in [5.74, 6) is 0.762. The molecule has 19 heavy (non-hydrogen) atoms. The molecule has 1 amide bonds. The molecule has 0 spiro atoms. The third kappa shape index (κ3) is 5.33. The van der Waals surface area contributed by atoms with Crippen LogP contribution in [0, 0.1) is 5.92 Å². The lowest BCUT2D eigenvalue weighted by Crippen LogP contribution is -2.24. The van der Waals surface area contributed by atoms with Gasteiger partial charge in [-0.3, -0.25) is 4.79 Å². The van der Waals surface area contributed by atoms with Gasteiger partial charge in [0.25, 0.3) is 0 Å².